The van der Waals surface area contributed by atoms with E-state index in [0.717, 1.165) is 5.06 Å². The summed E-state index contributed by atoms with van der Waals surface area (Å²) in [5.74, 6) is 0.267. The van der Waals surface area contributed by atoms with Gasteiger partial charge in [0.25, 0.3) is 0 Å². The maximum absolute atomic E-state index is 9.68. The second-order valence-corrected chi connectivity index (χ2v) is 3.36. The molecule has 0 spiro atoms. The number of hydrogen-bond acceptors (Lipinski definition) is 6. The fraction of sp³-hybridized carbons (Fsp3) is 0.375. The van der Waals surface area contributed by atoms with Crippen molar-refractivity contribution in [2.75, 3.05) is 0 Å². The van der Waals surface area contributed by atoms with Crippen LogP contribution in [0.2, 0.25) is 0 Å². The van der Waals surface area contributed by atoms with E-state index < -0.39 is 5.72 Å². The molecule has 14 heavy (non-hydrogen) atoms. The standard InChI is InChI=1S/C8H10N4O2/c1-8(2)12(13)7(11-14-8)6-5-9-3-4-10-6/h3-5,13H,1-2H3. The van der Waals surface area contributed by atoms with Crippen molar-refractivity contribution >= 4 is 5.84 Å². The van der Waals surface area contributed by atoms with Crippen LogP contribution in [-0.2, 0) is 4.84 Å². The van der Waals surface area contributed by atoms with E-state index in [1.807, 2.05) is 0 Å². The number of nitrogens with zero attached hydrogens (tertiary/aromatic N) is 4. The van der Waals surface area contributed by atoms with Gasteiger partial charge in [-0.25, -0.2) is 4.98 Å². The molecule has 1 aliphatic heterocycles. The molecule has 1 aromatic rings. The first-order valence-corrected chi connectivity index (χ1v) is 4.13. The Bertz CT molecular complexity index is 363. The van der Waals surface area contributed by atoms with Gasteiger partial charge in [0.1, 0.15) is 5.69 Å². The van der Waals surface area contributed by atoms with Gasteiger partial charge in [-0.15, -0.1) is 0 Å². The van der Waals surface area contributed by atoms with Gasteiger partial charge in [0, 0.05) is 12.4 Å². The van der Waals surface area contributed by atoms with E-state index in [1.54, 1.807) is 20.0 Å². The maximum atomic E-state index is 9.68. The molecule has 1 N–H and O–H groups in total. The lowest BCUT2D eigenvalue weighted by molar-refractivity contribution is -0.193. The molecule has 74 valence electrons. The highest BCUT2D eigenvalue weighted by atomic mass is 16.7. The molecule has 6 nitrogen and oxygen atoms in total. The monoisotopic (exact) mass is 194 g/mol. The van der Waals surface area contributed by atoms with Gasteiger partial charge in [-0.3, -0.25) is 10.2 Å². The van der Waals surface area contributed by atoms with E-state index in [9.17, 15) is 5.21 Å². The van der Waals surface area contributed by atoms with E-state index in [2.05, 4.69) is 15.1 Å². The minimum atomic E-state index is -0.854. The van der Waals surface area contributed by atoms with Gasteiger partial charge >= 0.3 is 0 Å². The maximum Gasteiger partial charge on any atom is 0.228 e. The molecule has 6 heteroatoms. The molecule has 0 fully saturated rings. The molecule has 2 heterocycles. The molecule has 2 rings (SSSR count). The Hall–Kier alpha value is -1.69. The zero-order chi connectivity index (χ0) is 10.2. The van der Waals surface area contributed by atoms with Gasteiger partial charge in [-0.1, -0.05) is 5.16 Å². The summed E-state index contributed by atoms with van der Waals surface area (Å²) in [6.45, 7) is 3.39. The summed E-state index contributed by atoms with van der Waals surface area (Å²) >= 11 is 0. The lowest BCUT2D eigenvalue weighted by atomic mass is 10.3. The van der Waals surface area contributed by atoms with Gasteiger partial charge in [-0.05, 0) is 13.8 Å². The van der Waals surface area contributed by atoms with Crippen molar-refractivity contribution < 1.29 is 10.0 Å². The van der Waals surface area contributed by atoms with E-state index in [-0.39, 0.29) is 5.84 Å². The molecular weight excluding hydrogens is 184 g/mol. The predicted octanol–water partition coefficient (Wildman–Crippen LogP) is 0.596. The highest BCUT2D eigenvalue weighted by Gasteiger charge is 2.38. The number of hydroxylamine groups is 2. The Balaban J connectivity index is 2.31. The highest BCUT2D eigenvalue weighted by Crippen LogP contribution is 2.23. The van der Waals surface area contributed by atoms with Crippen molar-refractivity contribution in [2.24, 2.45) is 5.16 Å². The Labute approximate surface area is 80.8 Å². The summed E-state index contributed by atoms with van der Waals surface area (Å²) in [6, 6.07) is 0. The third-order valence-electron chi connectivity index (χ3n) is 1.86. The van der Waals surface area contributed by atoms with Gasteiger partial charge < -0.3 is 4.84 Å². The lowest BCUT2D eigenvalue weighted by Crippen LogP contribution is -2.41. The zero-order valence-electron chi connectivity index (χ0n) is 7.88. The highest BCUT2D eigenvalue weighted by molar-refractivity contribution is 5.96. The van der Waals surface area contributed by atoms with Crippen LogP contribution in [0.4, 0.5) is 0 Å². The summed E-state index contributed by atoms with van der Waals surface area (Å²) in [5, 5.41) is 14.3. The normalized spacial score (nSPS) is 19.1. The third kappa shape index (κ3) is 1.29. The molecule has 0 atom stereocenters. The average Bonchev–Trinajstić information content (AvgIpc) is 2.44. The molecule has 0 aromatic carbocycles. The van der Waals surface area contributed by atoms with Crippen LogP contribution in [0.5, 0.6) is 0 Å². The van der Waals surface area contributed by atoms with Crippen molar-refractivity contribution in [2.45, 2.75) is 19.6 Å². The van der Waals surface area contributed by atoms with Crippen molar-refractivity contribution in [1.29, 1.82) is 0 Å². The van der Waals surface area contributed by atoms with Crippen LogP contribution < -0.4 is 0 Å². The lowest BCUT2D eigenvalue weighted by Gasteiger charge is -2.23. The molecule has 0 aliphatic carbocycles. The van der Waals surface area contributed by atoms with Crippen molar-refractivity contribution in [3.63, 3.8) is 0 Å². The molecular formula is C8H10N4O2. The Morgan fingerprint density at radius 3 is 2.71 bits per heavy atom. The van der Waals surface area contributed by atoms with E-state index in [4.69, 9.17) is 4.84 Å². The van der Waals surface area contributed by atoms with Gasteiger partial charge in [0.2, 0.25) is 11.6 Å². The Morgan fingerprint density at radius 2 is 2.21 bits per heavy atom. The molecule has 1 aliphatic rings. The summed E-state index contributed by atoms with van der Waals surface area (Å²) < 4.78 is 0. The largest absolute Gasteiger partial charge is 0.363 e. The minimum absolute atomic E-state index is 0.267. The Morgan fingerprint density at radius 1 is 1.43 bits per heavy atom. The molecule has 0 radical (unpaired) electrons. The van der Waals surface area contributed by atoms with Crippen LogP contribution in [0, 0.1) is 0 Å². The van der Waals surface area contributed by atoms with Crippen LogP contribution in [0.15, 0.2) is 23.7 Å². The zero-order valence-corrected chi connectivity index (χ0v) is 7.88. The molecule has 0 bridgehead atoms. The molecule has 1 aromatic heterocycles. The minimum Gasteiger partial charge on any atom is -0.363 e. The quantitative estimate of drug-likeness (QED) is 0.708. The number of rotatable bonds is 1. The smallest absolute Gasteiger partial charge is 0.228 e. The fourth-order valence-electron chi connectivity index (χ4n) is 1.06. The van der Waals surface area contributed by atoms with Gasteiger partial charge in [0.05, 0.1) is 6.20 Å². The number of amidine groups is 1. The average molecular weight is 194 g/mol. The number of hydrogen-bond donors (Lipinski definition) is 1. The van der Waals surface area contributed by atoms with Gasteiger partial charge in [-0.2, -0.15) is 5.06 Å². The molecule has 0 amide bonds. The van der Waals surface area contributed by atoms with Crippen LogP contribution >= 0.6 is 0 Å². The summed E-state index contributed by atoms with van der Waals surface area (Å²) in [5.41, 5.74) is -0.382. The summed E-state index contributed by atoms with van der Waals surface area (Å²) in [6.07, 6.45) is 4.58. The van der Waals surface area contributed by atoms with Crippen molar-refractivity contribution in [3.05, 3.63) is 24.3 Å². The molecule has 0 saturated heterocycles. The van der Waals surface area contributed by atoms with Crippen molar-refractivity contribution in [1.82, 2.24) is 15.0 Å². The second kappa shape index (κ2) is 2.91. The van der Waals surface area contributed by atoms with Crippen LogP contribution in [-0.4, -0.2) is 31.8 Å². The first-order chi connectivity index (χ1) is 6.61. The van der Waals surface area contributed by atoms with Crippen molar-refractivity contribution in [3.8, 4) is 0 Å². The van der Waals surface area contributed by atoms with Crippen LogP contribution in [0.1, 0.15) is 19.5 Å². The Kier molecular flexibility index (Phi) is 1.85. The van der Waals surface area contributed by atoms with Crippen LogP contribution in [0.25, 0.3) is 0 Å². The first kappa shape index (κ1) is 8.89. The fourth-order valence-corrected chi connectivity index (χ4v) is 1.06. The second-order valence-electron chi connectivity index (χ2n) is 3.36. The molecule has 0 saturated carbocycles. The summed E-state index contributed by atoms with van der Waals surface area (Å²) in [7, 11) is 0. The van der Waals surface area contributed by atoms with Crippen LogP contribution in [0.3, 0.4) is 0 Å². The summed E-state index contributed by atoms with van der Waals surface area (Å²) in [4.78, 5) is 12.9. The number of oxime groups is 1. The SMILES string of the molecule is CC1(C)ON=C(c2cnccn2)N1O. The van der Waals surface area contributed by atoms with E-state index in [1.165, 1.54) is 12.4 Å². The third-order valence-corrected chi connectivity index (χ3v) is 1.86. The predicted molar refractivity (Wildman–Crippen MR) is 47.4 cm³/mol. The first-order valence-electron chi connectivity index (χ1n) is 4.13. The topological polar surface area (TPSA) is 70.8 Å². The number of aromatic nitrogens is 2. The van der Waals surface area contributed by atoms with E-state index >= 15 is 0 Å². The molecule has 0 unspecified atom stereocenters. The van der Waals surface area contributed by atoms with E-state index in [0.29, 0.717) is 5.69 Å². The van der Waals surface area contributed by atoms with Gasteiger partial charge in [0.15, 0.2) is 0 Å².